The van der Waals surface area contributed by atoms with Gasteiger partial charge in [-0.1, -0.05) is 68.5 Å². The molecule has 3 aliphatic rings. The fraction of sp³-hybridized carbons (Fsp3) is 0.524. The number of allylic oxidation sites excluding steroid dienone is 9. The molecule has 3 aliphatic carbocycles. The molecular weight excluding hydrogens is 252 g/mol. The van der Waals surface area contributed by atoms with Gasteiger partial charge in [0, 0.05) is 5.92 Å². The van der Waals surface area contributed by atoms with Crippen molar-refractivity contribution in [2.75, 3.05) is 0 Å². The first-order chi connectivity index (χ1) is 10.0. The van der Waals surface area contributed by atoms with Crippen molar-refractivity contribution in [2.24, 2.45) is 29.1 Å². The monoisotopic (exact) mass is 280 g/mol. The Labute approximate surface area is 130 Å². The van der Waals surface area contributed by atoms with Crippen LogP contribution < -0.4 is 0 Å². The van der Waals surface area contributed by atoms with E-state index in [2.05, 4.69) is 69.9 Å². The summed E-state index contributed by atoms with van der Waals surface area (Å²) in [6.07, 6.45) is 20.4. The zero-order valence-electron chi connectivity index (χ0n) is 13.7. The normalized spacial score (nSPS) is 42.4. The van der Waals surface area contributed by atoms with Gasteiger partial charge in [0.2, 0.25) is 0 Å². The molecule has 0 amide bonds. The topological polar surface area (TPSA) is 0 Å². The predicted octanol–water partition coefficient (Wildman–Crippen LogP) is 5.86. The second-order valence-electron chi connectivity index (χ2n) is 7.38. The van der Waals surface area contributed by atoms with E-state index in [0.29, 0.717) is 23.2 Å². The second kappa shape index (κ2) is 5.48. The number of rotatable bonds is 2. The van der Waals surface area contributed by atoms with Crippen LogP contribution >= 0.6 is 0 Å². The van der Waals surface area contributed by atoms with Gasteiger partial charge in [-0.2, -0.15) is 0 Å². The van der Waals surface area contributed by atoms with Gasteiger partial charge in [-0.3, -0.25) is 0 Å². The average molecular weight is 280 g/mol. The first kappa shape index (κ1) is 14.6. The zero-order chi connectivity index (χ0) is 15.0. The Hall–Kier alpha value is -1.30. The molecule has 0 heteroatoms. The molecule has 0 aromatic heterocycles. The molecule has 0 heterocycles. The molecule has 0 nitrogen and oxygen atoms in total. The zero-order valence-corrected chi connectivity index (χ0v) is 13.7. The smallest absolute Gasteiger partial charge is 0.00100 e. The quantitative estimate of drug-likeness (QED) is 0.556. The maximum absolute atomic E-state index is 4.16. The minimum absolute atomic E-state index is 0.338. The highest BCUT2D eigenvalue weighted by atomic mass is 14.5. The molecule has 112 valence electrons. The first-order valence-electron chi connectivity index (χ1n) is 8.44. The first-order valence-corrected chi connectivity index (χ1v) is 8.44. The van der Waals surface area contributed by atoms with E-state index in [4.69, 9.17) is 0 Å². The third-order valence-corrected chi connectivity index (χ3v) is 6.01. The van der Waals surface area contributed by atoms with E-state index in [-0.39, 0.29) is 0 Å². The van der Waals surface area contributed by atoms with E-state index >= 15 is 0 Å². The van der Waals surface area contributed by atoms with Gasteiger partial charge in [-0.25, -0.2) is 0 Å². The molecule has 0 aliphatic heterocycles. The fourth-order valence-electron chi connectivity index (χ4n) is 4.62. The predicted molar refractivity (Wildman–Crippen MR) is 91.9 cm³/mol. The maximum atomic E-state index is 4.16. The van der Waals surface area contributed by atoms with Crippen molar-refractivity contribution in [2.45, 2.75) is 40.0 Å². The Balaban J connectivity index is 1.86. The van der Waals surface area contributed by atoms with Crippen molar-refractivity contribution >= 4 is 0 Å². The molecule has 0 aromatic carbocycles. The summed E-state index contributed by atoms with van der Waals surface area (Å²) in [6, 6.07) is 0. The van der Waals surface area contributed by atoms with Crippen molar-refractivity contribution in [3.8, 4) is 0 Å². The lowest BCUT2D eigenvalue weighted by atomic mass is 9.65. The van der Waals surface area contributed by atoms with Gasteiger partial charge in [-0.15, -0.1) is 0 Å². The lowest BCUT2D eigenvalue weighted by Gasteiger charge is -2.39. The molecule has 0 saturated heterocycles. The Morgan fingerprint density at radius 2 is 2.10 bits per heavy atom. The molecule has 5 atom stereocenters. The molecule has 1 fully saturated rings. The van der Waals surface area contributed by atoms with Crippen LogP contribution in [0, 0.1) is 29.1 Å². The molecule has 3 rings (SSSR count). The summed E-state index contributed by atoms with van der Waals surface area (Å²) in [7, 11) is 0. The lowest BCUT2D eigenvalue weighted by Crippen LogP contribution is -2.30. The van der Waals surface area contributed by atoms with Crippen LogP contribution in [-0.4, -0.2) is 0 Å². The number of hydrogen-bond donors (Lipinski definition) is 0. The van der Waals surface area contributed by atoms with Crippen LogP contribution in [-0.2, 0) is 0 Å². The van der Waals surface area contributed by atoms with Crippen LogP contribution in [0.1, 0.15) is 40.0 Å². The summed E-state index contributed by atoms with van der Waals surface area (Å²) in [4.78, 5) is 0. The van der Waals surface area contributed by atoms with Crippen molar-refractivity contribution in [1.82, 2.24) is 0 Å². The minimum atomic E-state index is 0.338. The van der Waals surface area contributed by atoms with Gasteiger partial charge >= 0.3 is 0 Å². The summed E-state index contributed by atoms with van der Waals surface area (Å²) in [6.45, 7) is 11.1. The summed E-state index contributed by atoms with van der Waals surface area (Å²) in [5.74, 6) is 2.67. The van der Waals surface area contributed by atoms with Crippen LogP contribution in [0.2, 0.25) is 0 Å². The highest BCUT2D eigenvalue weighted by Crippen LogP contribution is 2.56. The highest BCUT2D eigenvalue weighted by Gasteiger charge is 2.47. The number of hydrogen-bond acceptors (Lipinski definition) is 0. The van der Waals surface area contributed by atoms with Crippen molar-refractivity contribution in [3.05, 3.63) is 60.3 Å². The van der Waals surface area contributed by atoms with Gasteiger partial charge in [0.15, 0.2) is 0 Å². The summed E-state index contributed by atoms with van der Waals surface area (Å²) in [5.41, 5.74) is 3.23. The minimum Gasteiger partial charge on any atom is -0.0958 e. The van der Waals surface area contributed by atoms with Gasteiger partial charge in [0.05, 0.1) is 0 Å². The summed E-state index contributed by atoms with van der Waals surface area (Å²) < 4.78 is 0. The molecule has 0 radical (unpaired) electrons. The highest BCUT2D eigenvalue weighted by molar-refractivity contribution is 5.36. The molecule has 1 saturated carbocycles. The summed E-state index contributed by atoms with van der Waals surface area (Å²) in [5, 5.41) is 0. The van der Waals surface area contributed by atoms with E-state index in [9.17, 15) is 0 Å². The van der Waals surface area contributed by atoms with Gasteiger partial charge in [0.25, 0.3) is 0 Å². The van der Waals surface area contributed by atoms with Crippen LogP contribution in [0.15, 0.2) is 60.3 Å². The van der Waals surface area contributed by atoms with Crippen LogP contribution in [0.4, 0.5) is 0 Å². The summed E-state index contributed by atoms with van der Waals surface area (Å²) >= 11 is 0. The lowest BCUT2D eigenvalue weighted by molar-refractivity contribution is 0.246. The maximum Gasteiger partial charge on any atom is 0.00100 e. The molecule has 0 spiro atoms. The number of fused-ring (bicyclic) bond motifs is 1. The van der Waals surface area contributed by atoms with Gasteiger partial charge in [0.1, 0.15) is 0 Å². The van der Waals surface area contributed by atoms with Gasteiger partial charge in [-0.05, 0) is 54.9 Å². The Morgan fingerprint density at radius 3 is 2.81 bits per heavy atom. The average Bonchev–Trinajstić information content (AvgIpc) is 2.78. The largest absolute Gasteiger partial charge is 0.0958 e. The molecule has 0 N–H and O–H groups in total. The van der Waals surface area contributed by atoms with E-state index < -0.39 is 0 Å². The van der Waals surface area contributed by atoms with Crippen LogP contribution in [0.25, 0.3) is 0 Å². The fourth-order valence-corrected chi connectivity index (χ4v) is 4.62. The van der Waals surface area contributed by atoms with E-state index in [0.717, 1.165) is 5.92 Å². The van der Waals surface area contributed by atoms with E-state index in [1.54, 1.807) is 5.57 Å². The molecular formula is C21H28. The standard InChI is InChI=1S/C21H28/c1-5-6-17-7-8-18(14-16(17)3)20-10-9-19-13-15(2)11-12-21(19,20)4/h5-8,11-12,14,16-17,19-20H,2,9-10,13H2,1,3-4H3/b6-5-. The van der Waals surface area contributed by atoms with Crippen molar-refractivity contribution in [1.29, 1.82) is 0 Å². The van der Waals surface area contributed by atoms with E-state index in [1.807, 2.05) is 0 Å². The molecule has 21 heavy (non-hydrogen) atoms. The molecule has 5 unspecified atom stereocenters. The molecule has 0 bridgehead atoms. The SMILES string of the molecule is C=C1C=CC2(C)C(CCC2C2=CC(C)C(/C=C\C)C=C2)C1. The van der Waals surface area contributed by atoms with Crippen molar-refractivity contribution in [3.63, 3.8) is 0 Å². The Morgan fingerprint density at radius 1 is 1.29 bits per heavy atom. The molecule has 0 aromatic rings. The third-order valence-electron chi connectivity index (χ3n) is 6.01. The Bertz CT molecular complexity index is 542. The Kier molecular flexibility index (Phi) is 3.82. The van der Waals surface area contributed by atoms with E-state index in [1.165, 1.54) is 24.8 Å². The second-order valence-corrected chi connectivity index (χ2v) is 7.38. The van der Waals surface area contributed by atoms with Gasteiger partial charge < -0.3 is 0 Å². The van der Waals surface area contributed by atoms with Crippen molar-refractivity contribution < 1.29 is 0 Å². The van der Waals surface area contributed by atoms with Crippen LogP contribution in [0.5, 0.6) is 0 Å². The third kappa shape index (κ3) is 2.50. The van der Waals surface area contributed by atoms with Crippen LogP contribution in [0.3, 0.4) is 0 Å².